The summed E-state index contributed by atoms with van der Waals surface area (Å²) in [6, 6.07) is 14.2. The Balaban J connectivity index is 0.00000225. The Morgan fingerprint density at radius 3 is 2.50 bits per heavy atom. The van der Waals surface area contributed by atoms with Crippen LogP contribution in [-0.2, 0) is 6.42 Å². The Morgan fingerprint density at radius 1 is 1.14 bits per heavy atom. The largest absolute Gasteiger partial charge is 0.497 e. The molecule has 8 nitrogen and oxygen atoms in total. The van der Waals surface area contributed by atoms with Gasteiger partial charge in [0, 0.05) is 24.3 Å². The second-order valence-corrected chi connectivity index (χ2v) is 6.82. The Morgan fingerprint density at radius 2 is 1.86 bits per heavy atom. The Bertz CT molecular complexity index is 1020. The van der Waals surface area contributed by atoms with Crippen LogP contribution in [0.4, 0.5) is 5.69 Å². The van der Waals surface area contributed by atoms with Gasteiger partial charge in [-0.05, 0) is 35.4 Å². The third-order valence-corrected chi connectivity index (χ3v) is 5.10. The minimum Gasteiger partial charge on any atom is -0.497 e. The van der Waals surface area contributed by atoms with Crippen LogP contribution in [0.15, 0.2) is 58.8 Å². The number of methoxy groups -OCH3 is 1. The summed E-state index contributed by atoms with van der Waals surface area (Å²) in [5, 5.41) is 24.7. The topological polar surface area (TPSA) is 95.4 Å². The van der Waals surface area contributed by atoms with Crippen LogP contribution in [0.5, 0.6) is 5.75 Å². The molecular formula is C18H16BrN5O3S. The Kier molecular flexibility index (Phi) is 6.10. The minimum absolute atomic E-state index is 0. The van der Waals surface area contributed by atoms with Crippen molar-refractivity contribution in [3.63, 3.8) is 0 Å². The monoisotopic (exact) mass is 461 g/mol. The first-order chi connectivity index (χ1) is 13.1. The zero-order valence-corrected chi connectivity index (χ0v) is 17.3. The smallest absolute Gasteiger partial charge is 0.269 e. The molecule has 1 aliphatic heterocycles. The van der Waals surface area contributed by atoms with Crippen LogP contribution in [0.3, 0.4) is 0 Å². The van der Waals surface area contributed by atoms with Crippen LogP contribution in [0, 0.1) is 10.1 Å². The molecule has 28 heavy (non-hydrogen) atoms. The first-order valence-electron chi connectivity index (χ1n) is 8.17. The van der Waals surface area contributed by atoms with Crippen molar-refractivity contribution in [2.45, 2.75) is 11.6 Å². The van der Waals surface area contributed by atoms with Crippen molar-refractivity contribution in [3.05, 3.63) is 75.6 Å². The number of aromatic nitrogens is 3. The number of nitrogens with zero attached hydrogens (tertiary/aromatic N) is 5. The summed E-state index contributed by atoms with van der Waals surface area (Å²) >= 11 is 1.54. The van der Waals surface area contributed by atoms with Gasteiger partial charge in [-0.3, -0.25) is 10.1 Å². The summed E-state index contributed by atoms with van der Waals surface area (Å²) in [5.41, 5.74) is 2.82. The fraction of sp³-hybridized carbons (Fsp3) is 0.167. The number of halogens is 1. The zero-order valence-electron chi connectivity index (χ0n) is 14.8. The van der Waals surface area contributed by atoms with Crippen molar-refractivity contribution in [2.75, 3.05) is 12.9 Å². The molecule has 0 fully saturated rings. The third-order valence-electron chi connectivity index (χ3n) is 4.17. The number of hydrogen-bond acceptors (Lipinski definition) is 7. The van der Waals surface area contributed by atoms with Crippen molar-refractivity contribution < 1.29 is 9.66 Å². The van der Waals surface area contributed by atoms with E-state index in [1.165, 1.54) is 12.1 Å². The molecule has 4 rings (SSSR count). The number of non-ortho nitro benzene ring substituents is 1. The number of benzene rings is 2. The summed E-state index contributed by atoms with van der Waals surface area (Å²) < 4.78 is 6.93. The number of rotatable bonds is 5. The zero-order chi connectivity index (χ0) is 18.8. The quantitative estimate of drug-likeness (QED) is 0.424. The van der Waals surface area contributed by atoms with Gasteiger partial charge in [-0.2, -0.15) is 9.78 Å². The van der Waals surface area contributed by atoms with E-state index in [2.05, 4.69) is 15.3 Å². The summed E-state index contributed by atoms with van der Waals surface area (Å²) in [6.45, 7) is 0. The SMILES string of the molecule is Br.COc1ccc(Cc2nnc3n2N=C(c2ccc([N+](=O)[O-])cc2)CS3)cc1. The minimum atomic E-state index is -0.411. The number of thioether (sulfide) groups is 1. The second kappa shape index (κ2) is 8.53. The molecule has 1 aromatic heterocycles. The predicted molar refractivity (Wildman–Crippen MR) is 112 cm³/mol. The van der Waals surface area contributed by atoms with Gasteiger partial charge < -0.3 is 4.74 Å². The van der Waals surface area contributed by atoms with Gasteiger partial charge in [0.05, 0.1) is 17.7 Å². The van der Waals surface area contributed by atoms with Crippen molar-refractivity contribution in [1.29, 1.82) is 0 Å². The van der Waals surface area contributed by atoms with Gasteiger partial charge in [-0.25, -0.2) is 0 Å². The van der Waals surface area contributed by atoms with E-state index in [0.29, 0.717) is 12.2 Å². The first kappa shape index (κ1) is 20.0. The van der Waals surface area contributed by atoms with Crippen molar-refractivity contribution >= 4 is 40.1 Å². The molecule has 0 amide bonds. The van der Waals surface area contributed by atoms with E-state index in [9.17, 15) is 10.1 Å². The number of nitro groups is 1. The van der Waals surface area contributed by atoms with Crippen molar-refractivity contribution in [1.82, 2.24) is 14.9 Å². The molecule has 0 atom stereocenters. The average molecular weight is 462 g/mol. The Labute approximate surface area is 175 Å². The average Bonchev–Trinajstić information content (AvgIpc) is 3.10. The maximum absolute atomic E-state index is 10.8. The molecule has 0 bridgehead atoms. The van der Waals surface area contributed by atoms with E-state index >= 15 is 0 Å². The fourth-order valence-corrected chi connectivity index (χ4v) is 3.58. The van der Waals surface area contributed by atoms with Gasteiger partial charge in [0.15, 0.2) is 5.82 Å². The van der Waals surface area contributed by atoms with Crippen molar-refractivity contribution in [2.24, 2.45) is 5.10 Å². The molecule has 2 aromatic carbocycles. The molecule has 2 heterocycles. The molecule has 0 spiro atoms. The van der Waals surface area contributed by atoms with Gasteiger partial charge in [-0.15, -0.1) is 27.2 Å². The van der Waals surface area contributed by atoms with E-state index in [0.717, 1.165) is 33.6 Å². The second-order valence-electron chi connectivity index (χ2n) is 5.87. The summed E-state index contributed by atoms with van der Waals surface area (Å²) in [4.78, 5) is 10.4. The molecule has 0 N–H and O–H groups in total. The number of nitro benzene ring substituents is 1. The van der Waals surface area contributed by atoms with Gasteiger partial charge in [-0.1, -0.05) is 23.9 Å². The number of fused-ring (bicyclic) bond motifs is 1. The van der Waals surface area contributed by atoms with Gasteiger partial charge in [0.1, 0.15) is 5.75 Å². The highest BCUT2D eigenvalue weighted by Crippen LogP contribution is 2.26. The number of ether oxygens (including phenoxy) is 1. The normalized spacial score (nSPS) is 12.5. The van der Waals surface area contributed by atoms with Crippen LogP contribution in [-0.4, -0.2) is 38.4 Å². The van der Waals surface area contributed by atoms with Gasteiger partial charge >= 0.3 is 0 Å². The molecule has 0 radical (unpaired) electrons. The lowest BCUT2D eigenvalue weighted by Crippen LogP contribution is -2.14. The van der Waals surface area contributed by atoms with Crippen LogP contribution in [0.1, 0.15) is 17.0 Å². The predicted octanol–water partition coefficient (Wildman–Crippen LogP) is 3.72. The maximum atomic E-state index is 10.8. The van der Waals surface area contributed by atoms with E-state index in [1.54, 1.807) is 35.7 Å². The molecule has 144 valence electrons. The van der Waals surface area contributed by atoms with E-state index in [4.69, 9.17) is 4.74 Å². The standard InChI is InChI=1S/C18H15N5O3S.BrH/c1-26-15-8-2-12(3-9-15)10-17-19-20-18-22(17)21-16(11-27-18)13-4-6-14(7-5-13)23(24)25;/h2-9H,10-11H2,1H3;1H. The summed E-state index contributed by atoms with van der Waals surface area (Å²) in [6.07, 6.45) is 0.592. The lowest BCUT2D eigenvalue weighted by atomic mass is 10.1. The third kappa shape index (κ3) is 4.07. The Hall–Kier alpha value is -2.72. The van der Waals surface area contributed by atoms with Gasteiger partial charge in [0.25, 0.3) is 5.69 Å². The highest BCUT2D eigenvalue weighted by atomic mass is 79.9. The molecule has 10 heteroatoms. The highest BCUT2D eigenvalue weighted by molar-refractivity contribution is 8.93. The highest BCUT2D eigenvalue weighted by Gasteiger charge is 2.20. The van der Waals surface area contributed by atoms with E-state index in [1.807, 2.05) is 24.3 Å². The molecule has 3 aromatic rings. The number of hydrogen-bond donors (Lipinski definition) is 0. The molecule has 1 aliphatic rings. The maximum Gasteiger partial charge on any atom is 0.269 e. The first-order valence-corrected chi connectivity index (χ1v) is 9.15. The molecule has 0 unspecified atom stereocenters. The molecule has 0 saturated carbocycles. The molecular weight excluding hydrogens is 446 g/mol. The summed E-state index contributed by atoms with van der Waals surface area (Å²) in [7, 11) is 1.63. The van der Waals surface area contributed by atoms with Gasteiger partial charge in [0.2, 0.25) is 5.16 Å². The molecule has 0 aliphatic carbocycles. The lowest BCUT2D eigenvalue weighted by Gasteiger charge is -2.14. The van der Waals surface area contributed by atoms with Crippen molar-refractivity contribution in [3.8, 4) is 5.75 Å². The van der Waals surface area contributed by atoms with E-state index < -0.39 is 4.92 Å². The summed E-state index contributed by atoms with van der Waals surface area (Å²) in [5.74, 6) is 2.18. The lowest BCUT2D eigenvalue weighted by molar-refractivity contribution is -0.384. The fourth-order valence-electron chi connectivity index (χ4n) is 2.72. The van der Waals surface area contributed by atoms with Crippen LogP contribution >= 0.6 is 28.7 Å². The van der Waals surface area contributed by atoms with Crippen LogP contribution < -0.4 is 4.74 Å². The van der Waals surface area contributed by atoms with E-state index in [-0.39, 0.29) is 22.7 Å². The van der Waals surface area contributed by atoms with Crippen LogP contribution in [0.2, 0.25) is 0 Å². The van der Waals surface area contributed by atoms with Crippen LogP contribution in [0.25, 0.3) is 0 Å². The molecule has 0 saturated heterocycles.